The number of aryl methyl sites for hydroxylation is 3. The molecular weight excluding hydrogens is 350 g/mol. The minimum absolute atomic E-state index is 1.20. The molecule has 0 amide bonds. The first-order chi connectivity index (χ1) is 14.3. The zero-order chi connectivity index (χ0) is 21.0. The Hall–Kier alpha value is -0.850. The predicted molar refractivity (Wildman–Crippen MR) is 130 cm³/mol. The molecule has 29 heavy (non-hydrogen) atoms. The zero-order valence-electron chi connectivity index (χ0n) is 20.3. The Balaban J connectivity index is 2.38. The molecular formula is C28H52N+. The first kappa shape index (κ1) is 26.2. The summed E-state index contributed by atoms with van der Waals surface area (Å²) < 4.78 is 2.48. The van der Waals surface area contributed by atoms with E-state index in [2.05, 4.69) is 43.8 Å². The SMILES string of the molecule is CCCCCCCCCCC[n+]1ccc(CCCCCC)c(CCCCCC)c1. The van der Waals surface area contributed by atoms with Crippen LogP contribution in [0.15, 0.2) is 18.5 Å². The molecule has 0 fully saturated rings. The Morgan fingerprint density at radius 1 is 0.517 bits per heavy atom. The van der Waals surface area contributed by atoms with Gasteiger partial charge in [-0.3, -0.25) is 0 Å². The van der Waals surface area contributed by atoms with Crippen molar-refractivity contribution >= 4 is 0 Å². The van der Waals surface area contributed by atoms with Crippen molar-refractivity contribution in [3.8, 4) is 0 Å². The summed E-state index contributed by atoms with van der Waals surface area (Å²) in [5.74, 6) is 0. The molecule has 0 spiro atoms. The minimum Gasteiger partial charge on any atom is -0.205 e. The standard InChI is InChI=1S/C28H52N/c1-4-7-10-13-14-15-16-17-20-24-29-25-23-27(21-18-11-8-5-2)28(26-29)22-19-12-9-6-3/h23,25-26H,4-22,24H2,1-3H3/q+1. The van der Waals surface area contributed by atoms with Gasteiger partial charge in [0.05, 0.1) is 0 Å². The molecule has 1 heteroatoms. The molecule has 0 bridgehead atoms. The van der Waals surface area contributed by atoms with Gasteiger partial charge in [-0.1, -0.05) is 104 Å². The number of pyridine rings is 1. The Morgan fingerprint density at radius 3 is 1.52 bits per heavy atom. The molecule has 1 aromatic rings. The van der Waals surface area contributed by atoms with Crippen molar-refractivity contribution in [2.24, 2.45) is 0 Å². The third-order valence-electron chi connectivity index (χ3n) is 6.32. The van der Waals surface area contributed by atoms with Crippen molar-refractivity contribution in [3.05, 3.63) is 29.6 Å². The molecule has 1 rings (SSSR count). The molecule has 0 aliphatic carbocycles. The third-order valence-corrected chi connectivity index (χ3v) is 6.32. The van der Waals surface area contributed by atoms with Crippen LogP contribution in [0, 0.1) is 0 Å². The molecule has 0 aliphatic rings. The highest BCUT2D eigenvalue weighted by Crippen LogP contribution is 2.16. The molecule has 168 valence electrons. The van der Waals surface area contributed by atoms with Crippen LogP contribution in [-0.2, 0) is 19.4 Å². The highest BCUT2D eigenvalue weighted by molar-refractivity contribution is 5.21. The Labute approximate surface area is 183 Å². The van der Waals surface area contributed by atoms with Crippen LogP contribution in [-0.4, -0.2) is 0 Å². The fraction of sp³-hybridized carbons (Fsp3) is 0.821. The summed E-state index contributed by atoms with van der Waals surface area (Å²) in [5, 5.41) is 0. The minimum atomic E-state index is 1.20. The second kappa shape index (κ2) is 19.1. The molecule has 0 saturated carbocycles. The van der Waals surface area contributed by atoms with Crippen molar-refractivity contribution in [1.29, 1.82) is 0 Å². The van der Waals surface area contributed by atoms with E-state index in [0.717, 1.165) is 0 Å². The van der Waals surface area contributed by atoms with Gasteiger partial charge in [-0.15, -0.1) is 0 Å². The van der Waals surface area contributed by atoms with Crippen LogP contribution in [0.4, 0.5) is 0 Å². The van der Waals surface area contributed by atoms with Gasteiger partial charge in [0.15, 0.2) is 12.4 Å². The van der Waals surface area contributed by atoms with Crippen molar-refractivity contribution in [1.82, 2.24) is 0 Å². The van der Waals surface area contributed by atoms with E-state index in [4.69, 9.17) is 0 Å². The molecule has 1 aromatic heterocycles. The van der Waals surface area contributed by atoms with Gasteiger partial charge >= 0.3 is 0 Å². The molecule has 0 N–H and O–H groups in total. The highest BCUT2D eigenvalue weighted by atomic mass is 14.9. The zero-order valence-corrected chi connectivity index (χ0v) is 20.3. The number of rotatable bonds is 20. The van der Waals surface area contributed by atoms with Crippen molar-refractivity contribution in [3.63, 3.8) is 0 Å². The molecule has 0 radical (unpaired) electrons. The van der Waals surface area contributed by atoms with E-state index >= 15 is 0 Å². The smallest absolute Gasteiger partial charge is 0.172 e. The summed E-state index contributed by atoms with van der Waals surface area (Å²) in [6.07, 6.45) is 31.0. The van der Waals surface area contributed by atoms with Crippen LogP contribution < -0.4 is 4.57 Å². The van der Waals surface area contributed by atoms with E-state index in [9.17, 15) is 0 Å². The number of aromatic nitrogens is 1. The van der Waals surface area contributed by atoms with Crippen LogP contribution in [0.2, 0.25) is 0 Å². The van der Waals surface area contributed by atoms with Crippen LogP contribution in [0.1, 0.15) is 141 Å². The summed E-state index contributed by atoms with van der Waals surface area (Å²) in [6.45, 7) is 8.11. The first-order valence-electron chi connectivity index (χ1n) is 13.3. The lowest BCUT2D eigenvalue weighted by molar-refractivity contribution is -0.697. The van der Waals surface area contributed by atoms with Crippen LogP contribution in [0.25, 0.3) is 0 Å². The predicted octanol–water partition coefficient (Wildman–Crippen LogP) is 8.75. The molecule has 0 saturated heterocycles. The van der Waals surface area contributed by atoms with Crippen LogP contribution in [0.3, 0.4) is 0 Å². The van der Waals surface area contributed by atoms with Crippen LogP contribution in [0.5, 0.6) is 0 Å². The van der Waals surface area contributed by atoms with Gasteiger partial charge < -0.3 is 0 Å². The van der Waals surface area contributed by atoms with Crippen molar-refractivity contribution in [2.45, 2.75) is 149 Å². The molecule has 0 aliphatic heterocycles. The maximum atomic E-state index is 2.49. The van der Waals surface area contributed by atoms with E-state index in [1.54, 1.807) is 11.1 Å². The summed E-state index contributed by atoms with van der Waals surface area (Å²) in [6, 6.07) is 2.44. The molecule has 1 heterocycles. The topological polar surface area (TPSA) is 3.88 Å². The average Bonchev–Trinajstić information content (AvgIpc) is 2.74. The summed E-state index contributed by atoms with van der Waals surface area (Å²) in [7, 11) is 0. The largest absolute Gasteiger partial charge is 0.205 e. The maximum absolute atomic E-state index is 2.49. The quantitative estimate of drug-likeness (QED) is 0.151. The van der Waals surface area contributed by atoms with Gasteiger partial charge in [0.2, 0.25) is 0 Å². The fourth-order valence-electron chi connectivity index (χ4n) is 4.32. The van der Waals surface area contributed by atoms with Crippen molar-refractivity contribution in [2.75, 3.05) is 0 Å². The number of unbranched alkanes of at least 4 members (excludes halogenated alkanes) is 14. The van der Waals surface area contributed by atoms with Gasteiger partial charge in [-0.05, 0) is 37.7 Å². The summed E-state index contributed by atoms with van der Waals surface area (Å²) in [4.78, 5) is 0. The van der Waals surface area contributed by atoms with Gasteiger partial charge in [-0.25, -0.2) is 4.57 Å². The Kier molecular flexibility index (Phi) is 17.3. The van der Waals surface area contributed by atoms with Gasteiger partial charge in [0.25, 0.3) is 0 Å². The normalized spacial score (nSPS) is 11.3. The number of hydrogen-bond donors (Lipinski definition) is 0. The van der Waals surface area contributed by atoms with E-state index in [1.165, 1.54) is 129 Å². The lowest BCUT2D eigenvalue weighted by atomic mass is 9.98. The summed E-state index contributed by atoms with van der Waals surface area (Å²) >= 11 is 0. The highest BCUT2D eigenvalue weighted by Gasteiger charge is 2.09. The van der Waals surface area contributed by atoms with E-state index in [-0.39, 0.29) is 0 Å². The monoisotopic (exact) mass is 402 g/mol. The summed E-state index contributed by atoms with van der Waals surface area (Å²) in [5.41, 5.74) is 3.26. The maximum Gasteiger partial charge on any atom is 0.172 e. The Bertz CT molecular complexity index is 479. The van der Waals surface area contributed by atoms with Gasteiger partial charge in [-0.2, -0.15) is 0 Å². The second-order valence-corrected chi connectivity index (χ2v) is 9.18. The molecule has 0 aromatic carbocycles. The van der Waals surface area contributed by atoms with Crippen LogP contribution >= 0.6 is 0 Å². The first-order valence-corrected chi connectivity index (χ1v) is 13.3. The van der Waals surface area contributed by atoms with E-state index in [1.807, 2.05) is 0 Å². The lowest BCUT2D eigenvalue weighted by Crippen LogP contribution is -2.34. The number of hydrogen-bond acceptors (Lipinski definition) is 0. The average molecular weight is 403 g/mol. The van der Waals surface area contributed by atoms with Gasteiger partial charge in [0, 0.05) is 18.1 Å². The van der Waals surface area contributed by atoms with Gasteiger partial charge in [0.1, 0.15) is 6.54 Å². The van der Waals surface area contributed by atoms with Crippen molar-refractivity contribution < 1.29 is 4.57 Å². The van der Waals surface area contributed by atoms with E-state index in [0.29, 0.717) is 0 Å². The van der Waals surface area contributed by atoms with E-state index < -0.39 is 0 Å². The second-order valence-electron chi connectivity index (χ2n) is 9.18. The molecule has 1 nitrogen and oxygen atoms in total. The molecule has 0 atom stereocenters. The Morgan fingerprint density at radius 2 is 0.966 bits per heavy atom. The molecule has 0 unspecified atom stereocenters. The number of nitrogens with zero attached hydrogens (tertiary/aromatic N) is 1. The third kappa shape index (κ3) is 13.9. The fourth-order valence-corrected chi connectivity index (χ4v) is 4.32. The lowest BCUT2D eigenvalue weighted by Gasteiger charge is -2.09.